The van der Waals surface area contributed by atoms with Crippen molar-refractivity contribution in [2.45, 2.75) is 6.92 Å². The Morgan fingerprint density at radius 3 is 2.74 bits per heavy atom. The molecule has 1 aromatic heterocycles. The van der Waals surface area contributed by atoms with E-state index < -0.39 is 0 Å². The Balaban J connectivity index is 1.60. The number of H-pyrrole nitrogens is 1. The van der Waals surface area contributed by atoms with Gasteiger partial charge in [-0.3, -0.25) is 4.90 Å². The number of benzene rings is 2. The van der Waals surface area contributed by atoms with Gasteiger partial charge in [0.05, 0.1) is 36.9 Å². The maximum absolute atomic E-state index is 6.18. The number of para-hydroxylation sites is 2. The summed E-state index contributed by atoms with van der Waals surface area (Å²) in [4.78, 5) is 10.6. The number of imidazole rings is 1. The van der Waals surface area contributed by atoms with E-state index in [4.69, 9.17) is 19.2 Å². The van der Waals surface area contributed by atoms with E-state index in [1.165, 1.54) is 0 Å². The van der Waals surface area contributed by atoms with Crippen molar-refractivity contribution in [3.05, 3.63) is 42.0 Å². The lowest BCUT2D eigenvalue weighted by molar-refractivity contribution is 0.0321. The summed E-state index contributed by atoms with van der Waals surface area (Å²) < 4.78 is 17.1. The number of morpholine rings is 1. The van der Waals surface area contributed by atoms with Gasteiger partial charge in [-0.25, -0.2) is 4.98 Å². The maximum atomic E-state index is 6.18. The first-order valence-corrected chi connectivity index (χ1v) is 9.32. The number of aryl methyl sites for hydroxylation is 1. The number of ether oxygens (including phenoxy) is 3. The molecule has 0 amide bonds. The minimum absolute atomic E-state index is 0.590. The van der Waals surface area contributed by atoms with Crippen LogP contribution < -0.4 is 9.47 Å². The summed E-state index contributed by atoms with van der Waals surface area (Å²) in [7, 11) is 1.66. The zero-order valence-corrected chi connectivity index (χ0v) is 15.8. The highest BCUT2D eigenvalue weighted by Gasteiger charge is 2.17. The van der Waals surface area contributed by atoms with Crippen LogP contribution in [-0.2, 0) is 4.74 Å². The monoisotopic (exact) mass is 367 g/mol. The Hall–Kier alpha value is -2.57. The molecule has 6 nitrogen and oxygen atoms in total. The fraction of sp³-hybridized carbons (Fsp3) is 0.381. The van der Waals surface area contributed by atoms with Crippen LogP contribution in [0.3, 0.4) is 0 Å². The average molecular weight is 367 g/mol. The van der Waals surface area contributed by atoms with Crippen LogP contribution in [0.1, 0.15) is 5.56 Å². The summed E-state index contributed by atoms with van der Waals surface area (Å²) in [6, 6.07) is 12.0. The summed E-state index contributed by atoms with van der Waals surface area (Å²) in [6.07, 6.45) is 0. The van der Waals surface area contributed by atoms with Gasteiger partial charge in [-0.1, -0.05) is 18.2 Å². The zero-order valence-electron chi connectivity index (χ0n) is 15.8. The van der Waals surface area contributed by atoms with Gasteiger partial charge < -0.3 is 19.2 Å². The molecule has 1 fully saturated rings. The zero-order chi connectivity index (χ0) is 18.6. The second kappa shape index (κ2) is 7.98. The molecule has 1 aliphatic heterocycles. The fourth-order valence-corrected chi connectivity index (χ4v) is 3.42. The van der Waals surface area contributed by atoms with Crippen LogP contribution in [-0.4, -0.2) is 61.4 Å². The standard InChI is InChI=1S/C21H25N3O3/c1-15-5-3-7-17-19(15)23-21(22-17)16-6-4-8-18(25-2)20(16)27-14-11-24-9-12-26-13-10-24/h3-8H,9-14H2,1-2H3,(H,22,23). The number of hydrogen-bond acceptors (Lipinski definition) is 5. The van der Waals surface area contributed by atoms with Gasteiger partial charge in [0.1, 0.15) is 12.4 Å². The number of hydrogen-bond donors (Lipinski definition) is 1. The predicted molar refractivity (Wildman–Crippen MR) is 106 cm³/mol. The van der Waals surface area contributed by atoms with Gasteiger partial charge in [0.2, 0.25) is 0 Å². The van der Waals surface area contributed by atoms with Crippen LogP contribution in [0.25, 0.3) is 22.4 Å². The number of nitrogens with zero attached hydrogens (tertiary/aromatic N) is 2. The van der Waals surface area contributed by atoms with Crippen molar-refractivity contribution in [1.82, 2.24) is 14.9 Å². The Morgan fingerprint density at radius 2 is 1.96 bits per heavy atom. The smallest absolute Gasteiger partial charge is 0.172 e. The van der Waals surface area contributed by atoms with E-state index in [-0.39, 0.29) is 0 Å². The van der Waals surface area contributed by atoms with E-state index in [1.807, 2.05) is 30.3 Å². The van der Waals surface area contributed by atoms with Crippen LogP contribution in [0.4, 0.5) is 0 Å². The summed E-state index contributed by atoms with van der Waals surface area (Å²) in [6.45, 7) is 7.00. The highest BCUT2D eigenvalue weighted by Crippen LogP contribution is 2.37. The molecule has 0 aliphatic carbocycles. The molecule has 1 N–H and O–H groups in total. The average Bonchev–Trinajstić information content (AvgIpc) is 3.14. The van der Waals surface area contributed by atoms with E-state index in [0.29, 0.717) is 12.4 Å². The van der Waals surface area contributed by atoms with Crippen LogP contribution in [0.5, 0.6) is 11.5 Å². The minimum Gasteiger partial charge on any atom is -0.493 e. The van der Waals surface area contributed by atoms with Crippen molar-refractivity contribution in [3.63, 3.8) is 0 Å². The molecular formula is C21H25N3O3. The van der Waals surface area contributed by atoms with Crippen molar-refractivity contribution < 1.29 is 14.2 Å². The van der Waals surface area contributed by atoms with Gasteiger partial charge in [0.15, 0.2) is 11.5 Å². The summed E-state index contributed by atoms with van der Waals surface area (Å²) in [5.41, 5.74) is 4.06. The molecule has 1 aliphatic rings. The van der Waals surface area contributed by atoms with Gasteiger partial charge in [-0.15, -0.1) is 0 Å². The van der Waals surface area contributed by atoms with E-state index in [1.54, 1.807) is 7.11 Å². The van der Waals surface area contributed by atoms with E-state index in [2.05, 4.69) is 22.9 Å². The predicted octanol–water partition coefficient (Wildman–Crippen LogP) is 3.26. The maximum Gasteiger partial charge on any atom is 0.172 e. The van der Waals surface area contributed by atoms with Gasteiger partial charge >= 0.3 is 0 Å². The highest BCUT2D eigenvalue weighted by atomic mass is 16.5. The van der Waals surface area contributed by atoms with Crippen LogP contribution in [0, 0.1) is 6.92 Å². The molecule has 1 saturated heterocycles. The molecule has 6 heteroatoms. The molecule has 0 radical (unpaired) electrons. The molecule has 2 heterocycles. The third kappa shape index (κ3) is 3.77. The molecule has 3 aromatic rings. The lowest BCUT2D eigenvalue weighted by atomic mass is 10.1. The highest BCUT2D eigenvalue weighted by molar-refractivity contribution is 5.83. The molecule has 0 saturated carbocycles. The lowest BCUT2D eigenvalue weighted by Crippen LogP contribution is -2.38. The first-order valence-electron chi connectivity index (χ1n) is 9.32. The molecular weight excluding hydrogens is 342 g/mol. The minimum atomic E-state index is 0.590. The molecule has 27 heavy (non-hydrogen) atoms. The van der Waals surface area contributed by atoms with Crippen molar-refractivity contribution in [2.75, 3.05) is 46.6 Å². The third-order valence-electron chi connectivity index (χ3n) is 4.93. The number of aromatic amines is 1. The Kier molecular flexibility index (Phi) is 5.27. The first kappa shape index (κ1) is 17.8. The molecule has 2 aromatic carbocycles. The largest absolute Gasteiger partial charge is 0.493 e. The van der Waals surface area contributed by atoms with Crippen molar-refractivity contribution in [3.8, 4) is 22.9 Å². The molecule has 4 rings (SSSR count). The molecule has 142 valence electrons. The van der Waals surface area contributed by atoms with Crippen molar-refractivity contribution in [1.29, 1.82) is 0 Å². The molecule has 0 unspecified atom stereocenters. The van der Waals surface area contributed by atoms with Crippen LogP contribution in [0.2, 0.25) is 0 Å². The van der Waals surface area contributed by atoms with Gasteiger partial charge in [-0.2, -0.15) is 0 Å². The van der Waals surface area contributed by atoms with E-state index >= 15 is 0 Å². The van der Waals surface area contributed by atoms with Crippen molar-refractivity contribution in [2.24, 2.45) is 0 Å². The Labute approximate surface area is 159 Å². The summed E-state index contributed by atoms with van der Waals surface area (Å²) >= 11 is 0. The SMILES string of the molecule is COc1cccc(-c2nc3c(C)cccc3[nH]2)c1OCCN1CCOCC1. The number of aromatic nitrogens is 2. The van der Waals surface area contributed by atoms with Crippen molar-refractivity contribution >= 4 is 11.0 Å². The second-order valence-electron chi connectivity index (χ2n) is 6.70. The number of nitrogens with one attached hydrogen (secondary N) is 1. The number of fused-ring (bicyclic) bond motifs is 1. The summed E-state index contributed by atoms with van der Waals surface area (Å²) in [5, 5.41) is 0. The molecule has 0 bridgehead atoms. The first-order chi connectivity index (χ1) is 13.3. The van der Waals surface area contributed by atoms with Gasteiger partial charge in [0, 0.05) is 19.6 Å². The normalized spacial score (nSPS) is 15.2. The lowest BCUT2D eigenvalue weighted by Gasteiger charge is -2.26. The van der Waals surface area contributed by atoms with Gasteiger partial charge in [-0.05, 0) is 30.7 Å². The molecule has 0 atom stereocenters. The Bertz CT molecular complexity index is 916. The topological polar surface area (TPSA) is 59.6 Å². The quantitative estimate of drug-likeness (QED) is 0.725. The number of methoxy groups -OCH3 is 1. The van der Waals surface area contributed by atoms with E-state index in [0.717, 1.165) is 66.6 Å². The fourth-order valence-electron chi connectivity index (χ4n) is 3.42. The van der Waals surface area contributed by atoms with Crippen LogP contribution in [0.15, 0.2) is 36.4 Å². The molecule has 0 spiro atoms. The third-order valence-corrected chi connectivity index (χ3v) is 4.93. The second-order valence-corrected chi connectivity index (χ2v) is 6.70. The van der Waals surface area contributed by atoms with E-state index in [9.17, 15) is 0 Å². The van der Waals surface area contributed by atoms with Crippen LogP contribution >= 0.6 is 0 Å². The Morgan fingerprint density at radius 1 is 1.15 bits per heavy atom. The summed E-state index contributed by atoms with van der Waals surface area (Å²) in [5.74, 6) is 2.23. The number of rotatable bonds is 6. The van der Waals surface area contributed by atoms with Gasteiger partial charge in [0.25, 0.3) is 0 Å².